The zero-order valence-corrected chi connectivity index (χ0v) is 15.7. The molecule has 0 aromatic heterocycles. The fourth-order valence-electron chi connectivity index (χ4n) is 4.81. The lowest BCUT2D eigenvalue weighted by Crippen LogP contribution is -2.51. The first-order valence-electron chi connectivity index (χ1n) is 10.0. The normalized spacial score (nSPS) is 22.8. The standard InChI is InChI=1S/C25H26N2/c1-3-9-20(10-4-1)17-26-15-16-27-18-24(21-11-5-2-6-12-21)22-13-7-8-14-23(22)25(27)19-26/h1-14,24-25H,15-19H2/t24-,25-/m0/s1. The molecule has 2 heteroatoms. The molecule has 0 spiro atoms. The molecule has 0 N–H and O–H groups in total. The first kappa shape index (κ1) is 16.7. The maximum atomic E-state index is 2.71. The summed E-state index contributed by atoms with van der Waals surface area (Å²) in [6.07, 6.45) is 0. The van der Waals surface area contributed by atoms with Gasteiger partial charge in [-0.15, -0.1) is 0 Å². The summed E-state index contributed by atoms with van der Waals surface area (Å²) in [5, 5.41) is 0. The highest BCUT2D eigenvalue weighted by Crippen LogP contribution is 2.40. The summed E-state index contributed by atoms with van der Waals surface area (Å²) >= 11 is 0. The van der Waals surface area contributed by atoms with Gasteiger partial charge in [0.25, 0.3) is 0 Å². The van der Waals surface area contributed by atoms with Gasteiger partial charge in [0.1, 0.15) is 0 Å². The molecule has 2 nitrogen and oxygen atoms in total. The number of hydrogen-bond donors (Lipinski definition) is 0. The van der Waals surface area contributed by atoms with Crippen molar-refractivity contribution in [3.8, 4) is 0 Å². The Morgan fingerprint density at radius 1 is 0.667 bits per heavy atom. The molecule has 0 saturated carbocycles. The van der Waals surface area contributed by atoms with E-state index in [1.54, 1.807) is 0 Å². The van der Waals surface area contributed by atoms with Gasteiger partial charge in [-0.2, -0.15) is 0 Å². The second-order valence-electron chi connectivity index (χ2n) is 7.82. The number of benzene rings is 3. The highest BCUT2D eigenvalue weighted by atomic mass is 15.3. The van der Waals surface area contributed by atoms with Crippen LogP contribution in [0.3, 0.4) is 0 Å². The minimum absolute atomic E-state index is 0.485. The highest BCUT2D eigenvalue weighted by Gasteiger charge is 2.36. The van der Waals surface area contributed by atoms with Crippen molar-refractivity contribution in [1.29, 1.82) is 0 Å². The molecule has 2 aliphatic rings. The fourth-order valence-corrected chi connectivity index (χ4v) is 4.81. The van der Waals surface area contributed by atoms with Crippen LogP contribution in [0, 0.1) is 0 Å². The summed E-state index contributed by atoms with van der Waals surface area (Å²) in [5.74, 6) is 0.485. The van der Waals surface area contributed by atoms with Crippen molar-refractivity contribution in [2.45, 2.75) is 18.5 Å². The van der Waals surface area contributed by atoms with E-state index < -0.39 is 0 Å². The van der Waals surface area contributed by atoms with Crippen molar-refractivity contribution in [3.63, 3.8) is 0 Å². The van der Waals surface area contributed by atoms with Crippen LogP contribution in [-0.4, -0.2) is 36.0 Å². The smallest absolute Gasteiger partial charge is 0.0479 e. The van der Waals surface area contributed by atoms with Gasteiger partial charge in [-0.25, -0.2) is 0 Å². The van der Waals surface area contributed by atoms with E-state index >= 15 is 0 Å². The van der Waals surface area contributed by atoms with E-state index in [4.69, 9.17) is 0 Å². The largest absolute Gasteiger partial charge is 0.296 e. The van der Waals surface area contributed by atoms with Crippen LogP contribution in [0.25, 0.3) is 0 Å². The minimum Gasteiger partial charge on any atom is -0.296 e. The number of fused-ring (bicyclic) bond motifs is 3. The second kappa shape index (κ2) is 7.30. The molecule has 0 unspecified atom stereocenters. The van der Waals surface area contributed by atoms with Crippen molar-refractivity contribution in [1.82, 2.24) is 9.80 Å². The molecular formula is C25H26N2. The Labute approximate surface area is 162 Å². The predicted octanol–water partition coefficient (Wildman–Crippen LogP) is 4.69. The molecule has 0 amide bonds. The molecular weight excluding hydrogens is 328 g/mol. The van der Waals surface area contributed by atoms with Crippen molar-refractivity contribution < 1.29 is 0 Å². The van der Waals surface area contributed by atoms with E-state index in [9.17, 15) is 0 Å². The minimum atomic E-state index is 0.485. The molecule has 0 bridgehead atoms. The SMILES string of the molecule is c1ccc(CN2CCN3C[C@@H](c4ccccc4)c4ccccc4[C@@H]3C2)cc1. The van der Waals surface area contributed by atoms with Crippen molar-refractivity contribution >= 4 is 0 Å². The van der Waals surface area contributed by atoms with E-state index in [-0.39, 0.29) is 0 Å². The molecule has 1 saturated heterocycles. The van der Waals surface area contributed by atoms with Gasteiger partial charge < -0.3 is 0 Å². The molecule has 3 aromatic rings. The van der Waals surface area contributed by atoms with Gasteiger partial charge in [0.05, 0.1) is 0 Å². The predicted molar refractivity (Wildman–Crippen MR) is 111 cm³/mol. The number of piperazine rings is 1. The lowest BCUT2D eigenvalue weighted by atomic mass is 9.80. The van der Waals surface area contributed by atoms with Crippen LogP contribution in [0.2, 0.25) is 0 Å². The summed E-state index contributed by atoms with van der Waals surface area (Å²) < 4.78 is 0. The molecule has 136 valence electrons. The monoisotopic (exact) mass is 354 g/mol. The average molecular weight is 354 g/mol. The Morgan fingerprint density at radius 2 is 1.33 bits per heavy atom. The Kier molecular flexibility index (Phi) is 4.52. The van der Waals surface area contributed by atoms with Gasteiger partial charge in [0.2, 0.25) is 0 Å². The maximum absolute atomic E-state index is 2.71. The average Bonchev–Trinajstić information content (AvgIpc) is 2.75. The van der Waals surface area contributed by atoms with Crippen molar-refractivity contribution in [3.05, 3.63) is 107 Å². The molecule has 0 aliphatic carbocycles. The van der Waals surface area contributed by atoms with Crippen molar-refractivity contribution in [2.24, 2.45) is 0 Å². The quantitative estimate of drug-likeness (QED) is 0.673. The lowest BCUT2D eigenvalue weighted by Gasteiger charge is -2.47. The third-order valence-corrected chi connectivity index (χ3v) is 6.17. The maximum Gasteiger partial charge on any atom is 0.0479 e. The number of rotatable bonds is 3. The third-order valence-electron chi connectivity index (χ3n) is 6.17. The van der Waals surface area contributed by atoms with Gasteiger partial charge in [0.15, 0.2) is 0 Å². The van der Waals surface area contributed by atoms with Crippen LogP contribution in [0.4, 0.5) is 0 Å². The Morgan fingerprint density at radius 3 is 2.11 bits per heavy atom. The van der Waals surface area contributed by atoms with Crippen LogP contribution < -0.4 is 0 Å². The van der Waals surface area contributed by atoms with E-state index in [1.165, 1.54) is 22.3 Å². The molecule has 1 fully saturated rings. The molecule has 0 radical (unpaired) electrons. The van der Waals surface area contributed by atoms with Gasteiger partial charge >= 0.3 is 0 Å². The molecule has 27 heavy (non-hydrogen) atoms. The van der Waals surface area contributed by atoms with Gasteiger partial charge in [-0.05, 0) is 22.3 Å². The Bertz CT molecular complexity index is 890. The van der Waals surface area contributed by atoms with Crippen molar-refractivity contribution in [2.75, 3.05) is 26.2 Å². The third kappa shape index (κ3) is 3.31. The summed E-state index contributed by atoms with van der Waals surface area (Å²) in [7, 11) is 0. The first-order chi connectivity index (χ1) is 13.4. The molecule has 2 atom stereocenters. The Hall–Kier alpha value is -2.42. The van der Waals surface area contributed by atoms with E-state index in [0.717, 1.165) is 32.7 Å². The first-order valence-corrected chi connectivity index (χ1v) is 10.0. The summed E-state index contributed by atoms with van der Waals surface area (Å²) in [6.45, 7) is 5.60. The summed E-state index contributed by atoms with van der Waals surface area (Å²) in [4.78, 5) is 5.33. The Balaban J connectivity index is 1.43. The van der Waals surface area contributed by atoms with Crippen LogP contribution in [-0.2, 0) is 6.54 Å². The molecule has 2 heterocycles. The van der Waals surface area contributed by atoms with Crippen LogP contribution >= 0.6 is 0 Å². The van der Waals surface area contributed by atoms with E-state index in [2.05, 4.69) is 94.7 Å². The topological polar surface area (TPSA) is 6.48 Å². The molecule has 3 aromatic carbocycles. The summed E-state index contributed by atoms with van der Waals surface area (Å²) in [5.41, 5.74) is 5.90. The molecule has 5 rings (SSSR count). The van der Waals surface area contributed by atoms with E-state index in [1.807, 2.05) is 0 Å². The van der Waals surface area contributed by atoms with E-state index in [0.29, 0.717) is 12.0 Å². The number of nitrogens with zero attached hydrogens (tertiary/aromatic N) is 2. The highest BCUT2D eigenvalue weighted by molar-refractivity contribution is 5.42. The lowest BCUT2D eigenvalue weighted by molar-refractivity contribution is 0.0585. The van der Waals surface area contributed by atoms with Gasteiger partial charge in [-0.3, -0.25) is 9.80 Å². The zero-order valence-electron chi connectivity index (χ0n) is 15.7. The second-order valence-corrected chi connectivity index (χ2v) is 7.82. The number of hydrogen-bond acceptors (Lipinski definition) is 2. The van der Waals surface area contributed by atoms with Crippen LogP contribution in [0.5, 0.6) is 0 Å². The molecule has 2 aliphatic heterocycles. The van der Waals surface area contributed by atoms with Crippen LogP contribution in [0.1, 0.15) is 34.2 Å². The summed E-state index contributed by atoms with van der Waals surface area (Å²) in [6, 6.07) is 31.5. The fraction of sp³-hybridized carbons (Fsp3) is 0.280. The van der Waals surface area contributed by atoms with Gasteiger partial charge in [-0.1, -0.05) is 84.9 Å². The van der Waals surface area contributed by atoms with Gasteiger partial charge in [0, 0.05) is 44.7 Å². The zero-order chi connectivity index (χ0) is 18.1. The van der Waals surface area contributed by atoms with Crippen LogP contribution in [0.15, 0.2) is 84.9 Å².